The summed E-state index contributed by atoms with van der Waals surface area (Å²) in [5.74, 6) is -2.04. The fourth-order valence-electron chi connectivity index (χ4n) is 1.19. The summed E-state index contributed by atoms with van der Waals surface area (Å²) >= 11 is 0. The van der Waals surface area contributed by atoms with Crippen molar-refractivity contribution in [2.75, 3.05) is 0 Å². The first-order chi connectivity index (χ1) is 8.63. The molecular weight excluding hydrogens is 289 g/mol. The van der Waals surface area contributed by atoms with Gasteiger partial charge in [-0.15, -0.1) is 0 Å². The van der Waals surface area contributed by atoms with Crippen LogP contribution in [-0.4, -0.2) is 26.0 Å². The summed E-state index contributed by atoms with van der Waals surface area (Å²) in [4.78, 5) is 10.6. The van der Waals surface area contributed by atoms with Crippen molar-refractivity contribution in [2.45, 2.75) is 18.0 Å². The smallest absolute Gasteiger partial charge is 0.523 e. The van der Waals surface area contributed by atoms with Crippen molar-refractivity contribution in [1.82, 2.24) is 0 Å². The SMILES string of the molecule is O=C([O-])[C@H](Cc1ccccc1)OS(=O)(=O)C(F)(F)F. The van der Waals surface area contributed by atoms with Crippen LogP contribution >= 0.6 is 0 Å². The quantitative estimate of drug-likeness (QED) is 0.573. The van der Waals surface area contributed by atoms with Crippen molar-refractivity contribution in [3.05, 3.63) is 35.9 Å². The molecule has 0 fully saturated rings. The van der Waals surface area contributed by atoms with Gasteiger partial charge < -0.3 is 9.90 Å². The Morgan fingerprint density at radius 3 is 2.21 bits per heavy atom. The molecule has 0 aliphatic carbocycles. The van der Waals surface area contributed by atoms with Crippen LogP contribution in [0.5, 0.6) is 0 Å². The summed E-state index contributed by atoms with van der Waals surface area (Å²) in [5.41, 5.74) is -5.38. The van der Waals surface area contributed by atoms with E-state index in [0.717, 1.165) is 0 Å². The first kappa shape index (κ1) is 15.4. The monoisotopic (exact) mass is 297 g/mol. The van der Waals surface area contributed by atoms with Crippen LogP contribution in [0.4, 0.5) is 13.2 Å². The Kier molecular flexibility index (Phi) is 4.53. The number of halogens is 3. The molecular formula is C10H8F3O5S-. The minimum Gasteiger partial charge on any atom is -0.547 e. The Labute approximate surface area is 106 Å². The van der Waals surface area contributed by atoms with E-state index in [2.05, 4.69) is 4.18 Å². The van der Waals surface area contributed by atoms with Gasteiger partial charge in [0.25, 0.3) is 0 Å². The van der Waals surface area contributed by atoms with Crippen molar-refractivity contribution in [2.24, 2.45) is 0 Å². The van der Waals surface area contributed by atoms with Gasteiger partial charge in [-0.25, -0.2) is 0 Å². The summed E-state index contributed by atoms with van der Waals surface area (Å²) < 4.78 is 61.3. The van der Waals surface area contributed by atoms with E-state index in [1.807, 2.05) is 0 Å². The Balaban J connectivity index is 2.90. The van der Waals surface area contributed by atoms with Gasteiger partial charge in [0.15, 0.2) is 0 Å². The van der Waals surface area contributed by atoms with Gasteiger partial charge in [0.2, 0.25) is 0 Å². The first-order valence-corrected chi connectivity index (χ1v) is 6.28. The molecule has 9 heteroatoms. The van der Waals surface area contributed by atoms with E-state index in [0.29, 0.717) is 5.56 Å². The van der Waals surface area contributed by atoms with E-state index in [4.69, 9.17) is 0 Å². The highest BCUT2D eigenvalue weighted by Crippen LogP contribution is 2.26. The Morgan fingerprint density at radius 2 is 1.79 bits per heavy atom. The van der Waals surface area contributed by atoms with Gasteiger partial charge in [0.05, 0.1) is 5.97 Å². The van der Waals surface area contributed by atoms with Crippen LogP contribution in [0.2, 0.25) is 0 Å². The molecule has 1 aromatic rings. The molecule has 0 N–H and O–H groups in total. The Morgan fingerprint density at radius 1 is 1.26 bits per heavy atom. The molecule has 0 unspecified atom stereocenters. The topological polar surface area (TPSA) is 83.5 Å². The maximum absolute atomic E-state index is 12.1. The minimum absolute atomic E-state index is 0.300. The zero-order valence-corrected chi connectivity index (χ0v) is 10.1. The van der Waals surface area contributed by atoms with Crippen molar-refractivity contribution in [3.8, 4) is 0 Å². The maximum Gasteiger partial charge on any atom is 0.523 e. The molecule has 1 rings (SSSR count). The van der Waals surface area contributed by atoms with Gasteiger partial charge in [-0.3, -0.25) is 4.18 Å². The summed E-state index contributed by atoms with van der Waals surface area (Å²) in [6.45, 7) is 0. The largest absolute Gasteiger partial charge is 0.547 e. The van der Waals surface area contributed by atoms with Crippen LogP contribution in [0.15, 0.2) is 30.3 Å². The second kappa shape index (κ2) is 5.57. The summed E-state index contributed by atoms with van der Waals surface area (Å²) in [7, 11) is -5.98. The fourth-order valence-corrected chi connectivity index (χ4v) is 1.75. The van der Waals surface area contributed by atoms with Crippen molar-refractivity contribution >= 4 is 16.1 Å². The van der Waals surface area contributed by atoms with Gasteiger partial charge in [-0.2, -0.15) is 21.6 Å². The highest BCUT2D eigenvalue weighted by Gasteiger charge is 2.48. The lowest BCUT2D eigenvalue weighted by atomic mass is 10.1. The van der Waals surface area contributed by atoms with Gasteiger partial charge in [-0.05, 0) is 5.56 Å². The highest BCUT2D eigenvalue weighted by molar-refractivity contribution is 7.87. The lowest BCUT2D eigenvalue weighted by molar-refractivity contribution is -0.313. The van der Waals surface area contributed by atoms with E-state index < -0.39 is 34.1 Å². The molecule has 0 aliphatic rings. The van der Waals surface area contributed by atoms with Crippen molar-refractivity contribution in [1.29, 1.82) is 0 Å². The number of aliphatic carboxylic acids is 1. The van der Waals surface area contributed by atoms with Crippen molar-refractivity contribution < 1.29 is 35.7 Å². The first-order valence-electron chi connectivity index (χ1n) is 4.88. The molecule has 0 heterocycles. The van der Waals surface area contributed by atoms with Crippen LogP contribution < -0.4 is 5.11 Å². The van der Waals surface area contributed by atoms with E-state index in [1.54, 1.807) is 6.07 Å². The molecule has 19 heavy (non-hydrogen) atoms. The molecule has 0 saturated heterocycles. The second-order valence-electron chi connectivity index (χ2n) is 3.49. The molecule has 1 atom stereocenters. The molecule has 1 aromatic carbocycles. The average Bonchev–Trinajstić information content (AvgIpc) is 2.27. The zero-order chi connectivity index (χ0) is 14.7. The number of hydrogen-bond acceptors (Lipinski definition) is 5. The number of alkyl halides is 3. The van der Waals surface area contributed by atoms with E-state index in [9.17, 15) is 31.5 Å². The molecule has 0 aliphatic heterocycles. The van der Waals surface area contributed by atoms with Gasteiger partial charge in [-0.1, -0.05) is 30.3 Å². The highest BCUT2D eigenvalue weighted by atomic mass is 32.2. The molecule has 0 radical (unpaired) electrons. The normalized spacial score (nSPS) is 14.1. The Bertz CT molecular complexity index is 538. The fraction of sp³-hybridized carbons (Fsp3) is 0.300. The Hall–Kier alpha value is -1.61. The minimum atomic E-state index is -5.98. The van der Waals surface area contributed by atoms with E-state index >= 15 is 0 Å². The predicted octanol–water partition coefficient (Wildman–Crippen LogP) is 0.214. The van der Waals surface area contributed by atoms with E-state index in [-0.39, 0.29) is 0 Å². The summed E-state index contributed by atoms with van der Waals surface area (Å²) in [5, 5.41) is 10.6. The predicted molar refractivity (Wildman–Crippen MR) is 55.0 cm³/mol. The number of rotatable bonds is 5. The van der Waals surface area contributed by atoms with Gasteiger partial charge >= 0.3 is 15.6 Å². The number of carboxylic acids is 1. The third-order valence-electron chi connectivity index (χ3n) is 2.05. The van der Waals surface area contributed by atoms with Crippen molar-refractivity contribution in [3.63, 3.8) is 0 Å². The molecule has 0 bridgehead atoms. The molecule has 5 nitrogen and oxygen atoms in total. The molecule has 0 spiro atoms. The van der Waals surface area contributed by atoms with Crippen LogP contribution in [-0.2, 0) is 25.5 Å². The number of benzene rings is 1. The standard InChI is InChI=1S/C10H9F3O5S/c11-10(12,13)19(16,17)18-8(9(14)15)6-7-4-2-1-3-5-7/h1-5,8H,6H2,(H,14,15)/p-1/t8-/m0/s1. The average molecular weight is 297 g/mol. The zero-order valence-electron chi connectivity index (χ0n) is 9.25. The molecule has 0 aromatic heterocycles. The number of carboxylic acid groups (broad SMARTS) is 1. The van der Waals surface area contributed by atoms with Crippen LogP contribution in [0, 0.1) is 0 Å². The third-order valence-corrected chi connectivity index (χ3v) is 3.11. The summed E-state index contributed by atoms with van der Waals surface area (Å²) in [6.07, 6.45) is -2.80. The van der Waals surface area contributed by atoms with Gasteiger partial charge in [0.1, 0.15) is 6.10 Å². The van der Waals surface area contributed by atoms with Crippen LogP contribution in [0.1, 0.15) is 5.56 Å². The molecule has 0 saturated carbocycles. The lowest BCUT2D eigenvalue weighted by Gasteiger charge is -2.19. The third kappa shape index (κ3) is 4.21. The number of carbonyl (C=O) groups excluding carboxylic acids is 1. The van der Waals surface area contributed by atoms with E-state index in [1.165, 1.54) is 24.3 Å². The van der Waals surface area contributed by atoms with Crippen LogP contribution in [0.3, 0.4) is 0 Å². The molecule has 106 valence electrons. The summed E-state index contributed by atoms with van der Waals surface area (Å²) in [6, 6.07) is 7.46. The number of carbonyl (C=O) groups is 1. The number of hydrogen-bond donors (Lipinski definition) is 0. The maximum atomic E-state index is 12.1. The second-order valence-corrected chi connectivity index (χ2v) is 5.06. The lowest BCUT2D eigenvalue weighted by Crippen LogP contribution is -2.42. The molecule has 0 amide bonds. The van der Waals surface area contributed by atoms with Gasteiger partial charge in [0, 0.05) is 6.42 Å². The van der Waals surface area contributed by atoms with Crippen LogP contribution in [0.25, 0.3) is 0 Å².